The summed E-state index contributed by atoms with van der Waals surface area (Å²) in [7, 11) is 0. The number of hydrogen-bond donors (Lipinski definition) is 0. The maximum absolute atomic E-state index is 14.9. The van der Waals surface area contributed by atoms with E-state index < -0.39 is 24.9 Å². The van der Waals surface area contributed by atoms with Crippen molar-refractivity contribution in [1.29, 1.82) is 0 Å². The summed E-state index contributed by atoms with van der Waals surface area (Å²) in [5.41, 5.74) is 8.08. The van der Waals surface area contributed by atoms with Crippen LogP contribution in [0.2, 0.25) is 17.3 Å². The minimum atomic E-state index is -1.72. The summed E-state index contributed by atoms with van der Waals surface area (Å²) in [6.45, 7) is 4.10. The van der Waals surface area contributed by atoms with Gasteiger partial charge in [-0.3, -0.25) is 9.37 Å². The Morgan fingerprint density at radius 3 is 2.27 bits per heavy atom. The Balaban J connectivity index is 0.000000208. The normalized spacial score (nSPS) is 11.4. The number of imidazole rings is 1. The molecule has 0 unspecified atom stereocenters. The first-order chi connectivity index (χ1) is 23.1. The van der Waals surface area contributed by atoms with E-state index >= 15 is 0 Å². The smallest absolute Gasteiger partial charge is 0 e. The third-order valence-corrected chi connectivity index (χ3v) is 12.8. The monoisotopic (exact) mass is 888 g/mol. The fourth-order valence-electron chi connectivity index (χ4n) is 6.05. The zero-order valence-electron chi connectivity index (χ0n) is 27.7. The Morgan fingerprint density at radius 1 is 0.816 bits per heavy atom. The predicted octanol–water partition coefficient (Wildman–Crippen LogP) is 10.4. The molecule has 49 heavy (non-hydrogen) atoms. The van der Waals surface area contributed by atoms with Gasteiger partial charge in [0, 0.05) is 43.1 Å². The molecule has 0 aliphatic heterocycles. The number of fused-ring (bicyclic) bond motifs is 4. The molecule has 0 bridgehead atoms. The Morgan fingerprint density at radius 2 is 1.57 bits per heavy atom. The summed E-state index contributed by atoms with van der Waals surface area (Å²) >= 11 is -1.72. The van der Waals surface area contributed by atoms with Crippen LogP contribution in [0, 0.1) is 37.6 Å². The minimum Gasteiger partial charge on any atom is 0 e. The van der Waals surface area contributed by atoms with Crippen molar-refractivity contribution in [3.05, 3.63) is 144 Å². The molecule has 0 aliphatic rings. The van der Waals surface area contributed by atoms with Crippen LogP contribution in [0.5, 0.6) is 0 Å². The first-order valence-electron chi connectivity index (χ1n) is 15.8. The van der Waals surface area contributed by atoms with Gasteiger partial charge < -0.3 is 8.98 Å². The fourth-order valence-corrected chi connectivity index (χ4v) is 8.22. The van der Waals surface area contributed by atoms with Crippen molar-refractivity contribution >= 4 is 50.6 Å². The number of halogens is 2. The van der Waals surface area contributed by atoms with Crippen molar-refractivity contribution in [2.45, 2.75) is 31.1 Å². The number of pyridine rings is 1. The Labute approximate surface area is 300 Å². The summed E-state index contributed by atoms with van der Waals surface area (Å²) in [6, 6.07) is 37.9. The molecule has 0 atom stereocenters. The molecule has 8 aromatic rings. The van der Waals surface area contributed by atoms with Gasteiger partial charge in [-0.15, -0.1) is 12.1 Å². The second-order valence-electron chi connectivity index (χ2n) is 12.9. The third-order valence-electron chi connectivity index (χ3n) is 8.52. The average Bonchev–Trinajstić information content (AvgIpc) is 3.64. The van der Waals surface area contributed by atoms with E-state index in [1.165, 1.54) is 28.7 Å². The first-order valence-corrected chi connectivity index (χ1v) is 23.1. The SMILES string of the molecule is Cc1cccc(C)c1-n1c(-c2[c-]cc(F)c3c2oc2cc(F)ccc23)nc2ccccc21.[CH3][Ge]([CH3])([CH3])[c]1ccc(-c2[c-]cccc2)nc1.[Ir]. The van der Waals surface area contributed by atoms with E-state index in [0.29, 0.717) is 27.7 Å². The van der Waals surface area contributed by atoms with Crippen molar-refractivity contribution in [3.63, 3.8) is 0 Å². The van der Waals surface area contributed by atoms with Crippen LogP contribution in [0.3, 0.4) is 0 Å². The second-order valence-corrected chi connectivity index (χ2v) is 23.6. The molecule has 0 spiro atoms. The predicted molar refractivity (Wildman–Crippen MR) is 193 cm³/mol. The van der Waals surface area contributed by atoms with E-state index in [0.717, 1.165) is 39.1 Å². The van der Waals surface area contributed by atoms with Gasteiger partial charge in [-0.05, 0) is 54.6 Å². The van der Waals surface area contributed by atoms with Gasteiger partial charge in [0.1, 0.15) is 11.4 Å². The summed E-state index contributed by atoms with van der Waals surface area (Å²) in [5.74, 6) is 6.82. The number of benzene rings is 5. The molecule has 4 nitrogen and oxygen atoms in total. The van der Waals surface area contributed by atoms with E-state index in [-0.39, 0.29) is 25.7 Å². The zero-order valence-corrected chi connectivity index (χ0v) is 32.2. The second kappa shape index (κ2) is 13.8. The summed E-state index contributed by atoms with van der Waals surface area (Å²) in [5, 5.41) is 0.817. The molecular formula is C41H33F2GeIrN3O-2. The van der Waals surface area contributed by atoms with Gasteiger partial charge in [-0.2, -0.15) is 0 Å². The van der Waals surface area contributed by atoms with Crippen LogP contribution < -0.4 is 4.40 Å². The minimum absolute atomic E-state index is 0. The van der Waals surface area contributed by atoms with E-state index in [4.69, 9.17) is 9.40 Å². The van der Waals surface area contributed by atoms with Crippen LogP contribution in [0.1, 0.15) is 11.1 Å². The van der Waals surface area contributed by atoms with Crippen LogP contribution in [-0.4, -0.2) is 27.8 Å². The topological polar surface area (TPSA) is 43.9 Å². The molecule has 0 fully saturated rings. The molecule has 8 rings (SSSR count). The van der Waals surface area contributed by atoms with E-state index in [1.807, 2.05) is 60.8 Å². The van der Waals surface area contributed by atoms with Gasteiger partial charge in [-0.25, -0.2) is 4.39 Å². The molecule has 0 amide bonds. The van der Waals surface area contributed by atoms with E-state index in [2.05, 4.69) is 77.1 Å². The van der Waals surface area contributed by atoms with Gasteiger partial charge in [0.05, 0.1) is 22.4 Å². The van der Waals surface area contributed by atoms with E-state index in [9.17, 15) is 8.78 Å². The quantitative estimate of drug-likeness (QED) is 0.131. The Hall–Kier alpha value is -4.43. The van der Waals surface area contributed by atoms with E-state index in [1.54, 1.807) is 0 Å². The number of rotatable bonds is 4. The molecule has 3 heterocycles. The van der Waals surface area contributed by atoms with Gasteiger partial charge in [-0.1, -0.05) is 35.9 Å². The summed E-state index contributed by atoms with van der Waals surface area (Å²) < 4.78 is 38.2. The number of furan rings is 1. The Bertz CT molecular complexity index is 2410. The number of aryl methyl sites for hydroxylation is 2. The zero-order chi connectivity index (χ0) is 33.6. The molecule has 5 aromatic carbocycles. The van der Waals surface area contributed by atoms with Crippen molar-refractivity contribution in [2.75, 3.05) is 0 Å². The molecule has 0 N–H and O–H groups in total. The van der Waals surface area contributed by atoms with Crippen molar-refractivity contribution in [1.82, 2.24) is 14.5 Å². The summed E-state index contributed by atoms with van der Waals surface area (Å²) in [6.07, 6.45) is 2.04. The molecule has 1 radical (unpaired) electrons. The van der Waals surface area contributed by atoms with Crippen molar-refractivity contribution in [3.8, 4) is 28.3 Å². The maximum atomic E-state index is 14.9. The number of aromatic nitrogens is 3. The molecule has 0 saturated carbocycles. The van der Waals surface area contributed by atoms with Crippen molar-refractivity contribution < 1.29 is 33.3 Å². The molecule has 8 heteroatoms. The molecule has 247 valence electrons. The third kappa shape index (κ3) is 6.63. The van der Waals surface area contributed by atoms with Crippen LogP contribution >= 0.6 is 0 Å². The first kappa shape index (κ1) is 34.4. The average molecular weight is 887 g/mol. The number of nitrogens with zero attached hydrogens (tertiary/aromatic N) is 3. The van der Waals surface area contributed by atoms with Gasteiger partial charge in [0.2, 0.25) is 0 Å². The molecular weight excluding hydrogens is 853 g/mol. The van der Waals surface area contributed by atoms with Crippen LogP contribution in [0.25, 0.3) is 61.3 Å². The standard InChI is InChI=1S/C27H17F2N2O.C14H16GeN.Ir/c1-15-6-5-7-16(2)25(15)31-22-9-4-3-8-21(22)30-27(31)19-12-13-20(29)24-18-11-10-17(28)14-23(18)32-26(19)24;1-15(2,3)13-9-10-14(16-11-13)12-7-5-4-6-8-12;/h3-11,13-14H,1-2H3;4-7,9-11H,1-3H3;/q2*-1;. The maximum Gasteiger partial charge on any atom is 0 e. The molecule has 0 saturated heterocycles. The molecule has 0 aliphatic carbocycles. The fraction of sp³-hybridized carbons (Fsp3) is 0.122. The van der Waals surface area contributed by atoms with Crippen LogP contribution in [-0.2, 0) is 20.1 Å². The molecule has 3 aromatic heterocycles. The Kier molecular flexibility index (Phi) is 9.72. The van der Waals surface area contributed by atoms with Crippen LogP contribution in [0.15, 0.2) is 114 Å². The largest absolute Gasteiger partial charge is 0 e. The van der Waals surface area contributed by atoms with Crippen molar-refractivity contribution in [2.24, 2.45) is 0 Å². The van der Waals surface area contributed by atoms with Gasteiger partial charge in [0.25, 0.3) is 0 Å². The van der Waals surface area contributed by atoms with Gasteiger partial charge in [0.15, 0.2) is 0 Å². The summed E-state index contributed by atoms with van der Waals surface area (Å²) in [4.78, 5) is 9.42. The van der Waals surface area contributed by atoms with Crippen LogP contribution in [0.4, 0.5) is 8.78 Å². The number of para-hydroxylation sites is 3. The van der Waals surface area contributed by atoms with Gasteiger partial charge >= 0.3 is 99.8 Å². The number of hydrogen-bond acceptors (Lipinski definition) is 3.